The Hall–Kier alpha value is -2.48. The zero-order valence-electron chi connectivity index (χ0n) is 19.7. The van der Waals surface area contributed by atoms with Crippen LogP contribution in [0.25, 0.3) is 0 Å². The average molecular weight is 459 g/mol. The molecule has 1 fully saturated rings. The number of β-amino-alcohol motifs (C(OH)–C–C–N with tert-alkyl or cyclic N) is 1. The summed E-state index contributed by atoms with van der Waals surface area (Å²) in [5.74, 6) is 0.573. The molecule has 1 heterocycles. The molecule has 6 nitrogen and oxygen atoms in total. The van der Waals surface area contributed by atoms with Crippen molar-refractivity contribution in [1.82, 2.24) is 9.80 Å². The van der Waals surface area contributed by atoms with Crippen LogP contribution in [0.4, 0.5) is 4.39 Å². The fourth-order valence-corrected chi connectivity index (χ4v) is 4.01. The van der Waals surface area contributed by atoms with Gasteiger partial charge in [-0.15, -0.1) is 0 Å². The van der Waals surface area contributed by atoms with Crippen LogP contribution in [0, 0.1) is 18.7 Å². The molecule has 1 aliphatic heterocycles. The second kappa shape index (κ2) is 12.1. The second-order valence-corrected chi connectivity index (χ2v) is 9.09. The molecule has 1 saturated heterocycles. The predicted octanol–water partition coefficient (Wildman–Crippen LogP) is 3.37. The maximum Gasteiger partial charge on any atom is 0.253 e. The van der Waals surface area contributed by atoms with Gasteiger partial charge in [-0.25, -0.2) is 4.39 Å². The molecule has 7 heteroatoms. The molecule has 0 aliphatic carbocycles. The largest absolute Gasteiger partial charge is 0.491 e. The average Bonchev–Trinajstić information content (AvgIpc) is 2.78. The lowest BCUT2D eigenvalue weighted by Crippen LogP contribution is -2.51. The number of carbonyl (C=O) groups excluding carboxylic acids is 1. The van der Waals surface area contributed by atoms with Gasteiger partial charge >= 0.3 is 0 Å². The Morgan fingerprint density at radius 2 is 1.97 bits per heavy atom. The van der Waals surface area contributed by atoms with Crippen molar-refractivity contribution in [1.29, 1.82) is 0 Å². The maximum atomic E-state index is 13.3. The summed E-state index contributed by atoms with van der Waals surface area (Å²) < 4.78 is 25.0. The number of aryl methyl sites for hydroxylation is 1. The van der Waals surface area contributed by atoms with Crippen molar-refractivity contribution in [3.8, 4) is 5.75 Å². The van der Waals surface area contributed by atoms with Crippen LogP contribution in [-0.4, -0.2) is 79.0 Å². The molecule has 33 heavy (non-hydrogen) atoms. The van der Waals surface area contributed by atoms with E-state index in [0.717, 1.165) is 11.3 Å². The number of morpholine rings is 1. The number of carbonyl (C=O) groups is 1. The maximum absolute atomic E-state index is 13.3. The van der Waals surface area contributed by atoms with Crippen molar-refractivity contribution >= 4 is 5.91 Å². The van der Waals surface area contributed by atoms with E-state index in [9.17, 15) is 14.3 Å². The van der Waals surface area contributed by atoms with Gasteiger partial charge in [-0.1, -0.05) is 32.0 Å². The standard InChI is InChI=1S/C26H35FN2O4/c1-19(2)14-29(26(31)21-8-10-22(27)11-9-21)17-24-16-28(12-13-32-24)15-23(30)18-33-25-7-5-4-6-20(25)3/h4-11,19,23-24,30H,12-18H2,1-3H3/t23-,24-/m0/s1. The van der Waals surface area contributed by atoms with Gasteiger partial charge in [0.15, 0.2) is 0 Å². The Balaban J connectivity index is 1.54. The van der Waals surface area contributed by atoms with E-state index in [1.54, 1.807) is 4.90 Å². The number of para-hydroxylation sites is 1. The van der Waals surface area contributed by atoms with Gasteiger partial charge in [-0.2, -0.15) is 0 Å². The van der Waals surface area contributed by atoms with Gasteiger partial charge in [0, 0.05) is 38.3 Å². The van der Waals surface area contributed by atoms with E-state index in [0.29, 0.717) is 44.9 Å². The van der Waals surface area contributed by atoms with Crippen LogP contribution in [0.2, 0.25) is 0 Å². The van der Waals surface area contributed by atoms with E-state index in [1.807, 2.05) is 31.2 Å². The number of aliphatic hydroxyl groups is 1. The quantitative estimate of drug-likeness (QED) is 0.592. The number of aliphatic hydroxyl groups excluding tert-OH is 1. The van der Waals surface area contributed by atoms with Crippen molar-refractivity contribution in [3.63, 3.8) is 0 Å². The van der Waals surface area contributed by atoms with Crippen molar-refractivity contribution in [3.05, 3.63) is 65.5 Å². The number of halogens is 1. The molecule has 0 unspecified atom stereocenters. The van der Waals surface area contributed by atoms with Crippen molar-refractivity contribution < 1.29 is 23.8 Å². The number of hydrogen-bond donors (Lipinski definition) is 1. The Kier molecular flexibility index (Phi) is 9.23. The first-order chi connectivity index (χ1) is 15.8. The Bertz CT molecular complexity index is 890. The zero-order valence-corrected chi connectivity index (χ0v) is 19.7. The lowest BCUT2D eigenvalue weighted by atomic mass is 10.1. The number of ether oxygens (including phenoxy) is 2. The number of benzene rings is 2. The summed E-state index contributed by atoms with van der Waals surface area (Å²) in [6.07, 6.45) is -0.789. The van der Waals surface area contributed by atoms with Gasteiger partial charge in [0.05, 0.1) is 12.7 Å². The molecular formula is C26H35FN2O4. The highest BCUT2D eigenvalue weighted by molar-refractivity contribution is 5.94. The van der Waals surface area contributed by atoms with E-state index in [2.05, 4.69) is 18.7 Å². The minimum atomic E-state index is -0.629. The predicted molar refractivity (Wildman–Crippen MR) is 126 cm³/mol. The summed E-state index contributed by atoms with van der Waals surface area (Å²) in [5, 5.41) is 10.5. The SMILES string of the molecule is Cc1ccccc1OC[C@@H](O)CN1CCO[C@H](CN(CC(C)C)C(=O)c2ccc(F)cc2)C1. The van der Waals surface area contributed by atoms with Crippen molar-refractivity contribution in [2.75, 3.05) is 45.9 Å². The minimum absolute atomic E-state index is 0.129. The van der Waals surface area contributed by atoms with Crippen molar-refractivity contribution in [2.45, 2.75) is 33.0 Å². The third-order valence-electron chi connectivity index (χ3n) is 5.60. The van der Waals surface area contributed by atoms with Crippen LogP contribution < -0.4 is 4.74 Å². The summed E-state index contributed by atoms with van der Waals surface area (Å²) in [5.41, 5.74) is 1.50. The topological polar surface area (TPSA) is 62.2 Å². The molecule has 1 aliphatic rings. The summed E-state index contributed by atoms with van der Waals surface area (Å²) in [6.45, 7) is 9.69. The fraction of sp³-hybridized carbons (Fsp3) is 0.500. The monoisotopic (exact) mass is 458 g/mol. The van der Waals surface area contributed by atoms with Gasteiger partial charge in [-0.3, -0.25) is 9.69 Å². The second-order valence-electron chi connectivity index (χ2n) is 9.09. The van der Waals surface area contributed by atoms with Gasteiger partial charge < -0.3 is 19.5 Å². The molecule has 0 spiro atoms. The smallest absolute Gasteiger partial charge is 0.253 e. The molecule has 0 saturated carbocycles. The lowest BCUT2D eigenvalue weighted by Gasteiger charge is -2.37. The Labute approximate surface area is 195 Å². The van der Waals surface area contributed by atoms with Crippen LogP contribution in [0.3, 0.4) is 0 Å². The molecule has 3 rings (SSSR count). The van der Waals surface area contributed by atoms with Crippen LogP contribution in [0.15, 0.2) is 48.5 Å². The number of rotatable bonds is 10. The molecule has 0 aromatic heterocycles. The molecule has 0 bridgehead atoms. The van der Waals surface area contributed by atoms with Crippen molar-refractivity contribution in [2.24, 2.45) is 5.92 Å². The highest BCUT2D eigenvalue weighted by Gasteiger charge is 2.27. The first-order valence-corrected chi connectivity index (χ1v) is 11.6. The third-order valence-corrected chi connectivity index (χ3v) is 5.60. The Morgan fingerprint density at radius 3 is 2.67 bits per heavy atom. The highest BCUT2D eigenvalue weighted by Crippen LogP contribution is 2.17. The van der Waals surface area contributed by atoms with Crippen LogP contribution in [-0.2, 0) is 4.74 Å². The molecule has 0 radical (unpaired) electrons. The van der Waals surface area contributed by atoms with Gasteiger partial charge in [0.25, 0.3) is 5.91 Å². The van der Waals surface area contributed by atoms with E-state index in [-0.39, 0.29) is 30.4 Å². The molecule has 1 N–H and O–H groups in total. The van der Waals surface area contributed by atoms with Gasteiger partial charge in [0.1, 0.15) is 24.3 Å². The fourth-order valence-electron chi connectivity index (χ4n) is 4.01. The Morgan fingerprint density at radius 1 is 1.24 bits per heavy atom. The lowest BCUT2D eigenvalue weighted by molar-refractivity contribution is -0.0542. The highest BCUT2D eigenvalue weighted by atomic mass is 19.1. The normalized spacial score (nSPS) is 17.7. The van der Waals surface area contributed by atoms with E-state index < -0.39 is 6.10 Å². The van der Waals surface area contributed by atoms with E-state index >= 15 is 0 Å². The van der Waals surface area contributed by atoms with Crippen LogP contribution in [0.5, 0.6) is 5.75 Å². The van der Waals surface area contributed by atoms with Gasteiger partial charge in [0.2, 0.25) is 0 Å². The van der Waals surface area contributed by atoms with E-state index in [4.69, 9.17) is 9.47 Å². The minimum Gasteiger partial charge on any atom is -0.491 e. The summed E-state index contributed by atoms with van der Waals surface area (Å²) in [4.78, 5) is 17.0. The first-order valence-electron chi connectivity index (χ1n) is 11.6. The van der Waals surface area contributed by atoms with Crippen LogP contribution >= 0.6 is 0 Å². The van der Waals surface area contributed by atoms with E-state index in [1.165, 1.54) is 24.3 Å². The van der Waals surface area contributed by atoms with Crippen LogP contribution in [0.1, 0.15) is 29.8 Å². The summed E-state index contributed by atoms with van der Waals surface area (Å²) in [6, 6.07) is 13.4. The zero-order chi connectivity index (χ0) is 23.8. The molecule has 2 aromatic rings. The number of amides is 1. The van der Waals surface area contributed by atoms with Gasteiger partial charge in [-0.05, 0) is 48.7 Å². The summed E-state index contributed by atoms with van der Waals surface area (Å²) in [7, 11) is 0. The number of nitrogens with zero attached hydrogens (tertiary/aromatic N) is 2. The molecule has 2 atom stereocenters. The summed E-state index contributed by atoms with van der Waals surface area (Å²) >= 11 is 0. The number of hydrogen-bond acceptors (Lipinski definition) is 5. The molecule has 180 valence electrons. The third kappa shape index (κ3) is 7.81. The molecule has 2 aromatic carbocycles. The molecular weight excluding hydrogens is 423 g/mol. The molecule has 1 amide bonds. The first kappa shape index (κ1) is 25.1.